The Bertz CT molecular complexity index is 851. The second kappa shape index (κ2) is 6.88. The molecule has 0 spiro atoms. The summed E-state index contributed by atoms with van der Waals surface area (Å²) in [6.07, 6.45) is 0.696. The van der Waals surface area contributed by atoms with Gasteiger partial charge in [-0.2, -0.15) is 0 Å². The van der Waals surface area contributed by atoms with Crippen molar-refractivity contribution in [3.05, 3.63) is 63.5 Å². The van der Waals surface area contributed by atoms with Gasteiger partial charge in [-0.25, -0.2) is 0 Å². The molecular weight excluding hydrogens is 386 g/mol. The van der Waals surface area contributed by atoms with Gasteiger partial charge in [0.25, 0.3) is 11.7 Å². The molecule has 5 nitrogen and oxygen atoms in total. The Kier molecular flexibility index (Phi) is 4.81. The van der Waals surface area contributed by atoms with Crippen LogP contribution in [-0.4, -0.2) is 28.2 Å². The Balaban J connectivity index is 2.16. The van der Waals surface area contributed by atoms with Crippen LogP contribution in [0.2, 0.25) is 0 Å². The van der Waals surface area contributed by atoms with E-state index in [-0.39, 0.29) is 11.3 Å². The minimum Gasteiger partial charge on any atom is -0.507 e. The third-order valence-electron chi connectivity index (χ3n) is 4.15. The summed E-state index contributed by atoms with van der Waals surface area (Å²) in [5.74, 6) is -0.333. The first-order valence-corrected chi connectivity index (χ1v) is 8.84. The molecule has 2 aromatic rings. The van der Waals surface area contributed by atoms with E-state index in [1.54, 1.807) is 43.3 Å². The number of halogens is 1. The van der Waals surface area contributed by atoms with Crippen molar-refractivity contribution in [1.29, 1.82) is 0 Å². The lowest BCUT2D eigenvalue weighted by Gasteiger charge is -2.22. The van der Waals surface area contributed by atoms with E-state index in [9.17, 15) is 14.7 Å². The molecule has 1 atom stereocenters. The van der Waals surface area contributed by atoms with E-state index in [1.807, 2.05) is 6.92 Å². The number of furan rings is 1. The predicted molar refractivity (Wildman–Crippen MR) is 96.9 cm³/mol. The van der Waals surface area contributed by atoms with E-state index >= 15 is 0 Å². The van der Waals surface area contributed by atoms with E-state index in [0.717, 1.165) is 4.47 Å². The van der Waals surface area contributed by atoms with Crippen molar-refractivity contribution >= 4 is 33.4 Å². The molecule has 1 aromatic carbocycles. The van der Waals surface area contributed by atoms with Crippen LogP contribution in [0.1, 0.15) is 36.5 Å². The molecule has 1 saturated heterocycles. The minimum absolute atomic E-state index is 0.0649. The fourth-order valence-electron chi connectivity index (χ4n) is 3.01. The summed E-state index contributed by atoms with van der Waals surface area (Å²) < 4.78 is 6.53. The van der Waals surface area contributed by atoms with E-state index < -0.39 is 17.7 Å². The fraction of sp³-hybridized carbons (Fsp3) is 0.263. The highest BCUT2D eigenvalue weighted by molar-refractivity contribution is 9.10. The number of rotatable bonds is 4. The standard InChI is InChI=1S/C19H18BrNO4/c1-3-10-21-16(14-9-4-11(2)25-14)15(18(23)19(21)24)17(22)12-5-7-13(20)8-6-12/h4-9,16,22H,3,10H2,1-2H3/b17-15-. The number of amides is 1. The number of aliphatic hydroxyl groups is 1. The van der Waals surface area contributed by atoms with Gasteiger partial charge in [0.05, 0.1) is 5.57 Å². The largest absolute Gasteiger partial charge is 0.507 e. The molecule has 3 rings (SSSR count). The Hall–Kier alpha value is -2.34. The second-order valence-corrected chi connectivity index (χ2v) is 6.86. The lowest BCUT2D eigenvalue weighted by molar-refractivity contribution is -0.140. The summed E-state index contributed by atoms with van der Waals surface area (Å²) in [7, 11) is 0. The van der Waals surface area contributed by atoms with Gasteiger partial charge in [-0.15, -0.1) is 0 Å². The second-order valence-electron chi connectivity index (χ2n) is 5.95. The third-order valence-corrected chi connectivity index (χ3v) is 4.68. The van der Waals surface area contributed by atoms with Gasteiger partial charge >= 0.3 is 0 Å². The zero-order chi connectivity index (χ0) is 18.1. The molecule has 1 aliphatic rings. The van der Waals surface area contributed by atoms with Crippen LogP contribution >= 0.6 is 15.9 Å². The lowest BCUT2D eigenvalue weighted by atomic mass is 9.99. The van der Waals surface area contributed by atoms with Crippen molar-refractivity contribution in [1.82, 2.24) is 4.90 Å². The maximum Gasteiger partial charge on any atom is 0.295 e. The van der Waals surface area contributed by atoms with Gasteiger partial charge in [0.2, 0.25) is 0 Å². The summed E-state index contributed by atoms with van der Waals surface area (Å²) in [5, 5.41) is 10.7. The van der Waals surface area contributed by atoms with Crippen LogP contribution in [0, 0.1) is 6.92 Å². The molecule has 1 aliphatic heterocycles. The molecule has 0 saturated carbocycles. The summed E-state index contributed by atoms with van der Waals surface area (Å²) in [6, 6.07) is 9.72. The number of benzene rings is 1. The number of likely N-dealkylation sites (tertiary alicyclic amines) is 1. The van der Waals surface area contributed by atoms with Crippen LogP contribution < -0.4 is 0 Å². The molecule has 0 bridgehead atoms. The molecule has 2 heterocycles. The molecule has 1 N–H and O–H groups in total. The molecule has 1 amide bonds. The number of aliphatic hydroxyl groups excluding tert-OH is 1. The summed E-state index contributed by atoms with van der Waals surface area (Å²) in [6.45, 7) is 4.13. The predicted octanol–water partition coefficient (Wildman–Crippen LogP) is 4.18. The van der Waals surface area contributed by atoms with Gasteiger partial charge in [0.15, 0.2) is 0 Å². The third kappa shape index (κ3) is 3.14. The molecule has 1 aromatic heterocycles. The topological polar surface area (TPSA) is 70.8 Å². The van der Waals surface area contributed by atoms with E-state index in [4.69, 9.17) is 4.42 Å². The highest BCUT2D eigenvalue weighted by atomic mass is 79.9. The average Bonchev–Trinajstić information content (AvgIpc) is 3.12. The summed E-state index contributed by atoms with van der Waals surface area (Å²) >= 11 is 3.34. The van der Waals surface area contributed by atoms with Crippen molar-refractivity contribution in [3.8, 4) is 0 Å². The fourth-order valence-corrected chi connectivity index (χ4v) is 3.28. The SMILES string of the molecule is CCCN1C(=O)C(=O)/C(=C(\O)c2ccc(Br)cc2)C1c1ccc(C)o1. The summed E-state index contributed by atoms with van der Waals surface area (Å²) in [5.41, 5.74) is 0.543. The molecule has 1 unspecified atom stereocenters. The number of hydrogen-bond acceptors (Lipinski definition) is 4. The Morgan fingerprint density at radius 2 is 1.88 bits per heavy atom. The van der Waals surface area contributed by atoms with Crippen LogP contribution in [0.3, 0.4) is 0 Å². The van der Waals surface area contributed by atoms with E-state index in [0.29, 0.717) is 30.0 Å². The van der Waals surface area contributed by atoms with Gasteiger partial charge in [-0.3, -0.25) is 9.59 Å². The molecule has 130 valence electrons. The van der Waals surface area contributed by atoms with Gasteiger partial charge in [-0.1, -0.05) is 35.0 Å². The Morgan fingerprint density at radius 1 is 1.20 bits per heavy atom. The van der Waals surface area contributed by atoms with Crippen LogP contribution in [-0.2, 0) is 9.59 Å². The molecule has 0 radical (unpaired) electrons. The van der Waals surface area contributed by atoms with Crippen LogP contribution in [0.25, 0.3) is 5.76 Å². The maximum absolute atomic E-state index is 12.6. The first kappa shape index (κ1) is 17.5. The smallest absolute Gasteiger partial charge is 0.295 e. The molecule has 1 fully saturated rings. The molecular formula is C19H18BrNO4. The van der Waals surface area contributed by atoms with Gasteiger partial charge in [0.1, 0.15) is 23.3 Å². The number of nitrogens with zero attached hydrogens (tertiary/aromatic N) is 1. The Labute approximate surface area is 154 Å². The van der Waals surface area contributed by atoms with Crippen molar-refractivity contribution in [3.63, 3.8) is 0 Å². The molecule has 6 heteroatoms. The zero-order valence-electron chi connectivity index (χ0n) is 14.0. The number of Topliss-reactive ketones (excluding diaryl/α,β-unsaturated/α-hetero) is 1. The van der Waals surface area contributed by atoms with Crippen LogP contribution in [0.5, 0.6) is 0 Å². The quantitative estimate of drug-likeness (QED) is 0.472. The normalized spacial score (nSPS) is 19.6. The van der Waals surface area contributed by atoms with Crippen molar-refractivity contribution in [2.24, 2.45) is 0 Å². The zero-order valence-corrected chi connectivity index (χ0v) is 15.5. The number of hydrogen-bond donors (Lipinski definition) is 1. The van der Waals surface area contributed by atoms with Crippen LogP contribution in [0.15, 0.2) is 50.9 Å². The summed E-state index contributed by atoms with van der Waals surface area (Å²) in [4.78, 5) is 26.5. The highest BCUT2D eigenvalue weighted by Crippen LogP contribution is 2.40. The van der Waals surface area contributed by atoms with Crippen LogP contribution in [0.4, 0.5) is 0 Å². The first-order valence-electron chi connectivity index (χ1n) is 8.04. The Morgan fingerprint density at radius 3 is 2.44 bits per heavy atom. The first-order chi connectivity index (χ1) is 11.9. The highest BCUT2D eigenvalue weighted by Gasteiger charge is 2.47. The van der Waals surface area contributed by atoms with Crippen molar-refractivity contribution in [2.45, 2.75) is 26.3 Å². The number of carbonyl (C=O) groups is 2. The maximum atomic E-state index is 12.6. The van der Waals surface area contributed by atoms with Crippen molar-refractivity contribution < 1.29 is 19.1 Å². The van der Waals surface area contributed by atoms with Gasteiger partial charge in [-0.05, 0) is 37.6 Å². The number of ketones is 1. The molecule has 0 aliphatic carbocycles. The van der Waals surface area contributed by atoms with Crippen molar-refractivity contribution in [2.75, 3.05) is 6.54 Å². The minimum atomic E-state index is -0.711. The van der Waals surface area contributed by atoms with E-state index in [2.05, 4.69) is 15.9 Å². The number of carbonyl (C=O) groups excluding carboxylic acids is 2. The average molecular weight is 404 g/mol. The van der Waals surface area contributed by atoms with Gasteiger partial charge < -0.3 is 14.4 Å². The monoisotopic (exact) mass is 403 g/mol. The molecule has 25 heavy (non-hydrogen) atoms. The van der Waals surface area contributed by atoms with Gasteiger partial charge in [0, 0.05) is 16.6 Å². The lowest BCUT2D eigenvalue weighted by Crippen LogP contribution is -2.30. The van der Waals surface area contributed by atoms with E-state index in [1.165, 1.54) is 4.90 Å². The number of aryl methyl sites for hydroxylation is 1.